The highest BCUT2D eigenvalue weighted by Gasteiger charge is 2.19. The second-order valence-electron chi connectivity index (χ2n) is 6.11. The molecule has 3 nitrogen and oxygen atoms in total. The molecule has 21 heavy (non-hydrogen) atoms. The van der Waals surface area contributed by atoms with Crippen molar-refractivity contribution in [3.63, 3.8) is 0 Å². The van der Waals surface area contributed by atoms with Crippen LogP contribution in [0.25, 0.3) is 0 Å². The molecule has 120 valence electrons. The predicted octanol–water partition coefficient (Wildman–Crippen LogP) is 3.90. The third kappa shape index (κ3) is 6.96. The summed E-state index contributed by atoms with van der Waals surface area (Å²) < 4.78 is 10.9. The molecule has 0 spiro atoms. The first-order valence-corrected chi connectivity index (χ1v) is 8.11. The van der Waals surface area contributed by atoms with Crippen LogP contribution in [0.5, 0.6) is 5.75 Å². The molecule has 0 aliphatic rings. The van der Waals surface area contributed by atoms with Gasteiger partial charge in [-0.15, -0.1) is 0 Å². The molecule has 0 bridgehead atoms. The van der Waals surface area contributed by atoms with E-state index in [1.54, 1.807) is 0 Å². The fraction of sp³-hybridized carbons (Fsp3) is 0.667. The Morgan fingerprint density at radius 1 is 1.00 bits per heavy atom. The number of hydrogen-bond acceptors (Lipinski definition) is 3. The molecule has 0 fully saturated rings. The molecule has 0 saturated heterocycles. The summed E-state index contributed by atoms with van der Waals surface area (Å²) in [5.41, 5.74) is 6.97. The van der Waals surface area contributed by atoms with Crippen molar-refractivity contribution in [2.75, 3.05) is 26.4 Å². The molecule has 3 heteroatoms. The molecular formula is C18H31NO2. The van der Waals surface area contributed by atoms with Crippen LogP contribution < -0.4 is 10.5 Å². The third-order valence-corrected chi connectivity index (χ3v) is 3.80. The Morgan fingerprint density at radius 2 is 1.71 bits per heavy atom. The van der Waals surface area contributed by atoms with Crippen LogP contribution in [0.15, 0.2) is 24.3 Å². The van der Waals surface area contributed by atoms with Crippen molar-refractivity contribution in [1.82, 2.24) is 0 Å². The monoisotopic (exact) mass is 293 g/mol. The largest absolute Gasteiger partial charge is 0.491 e. The Labute approximate surface area is 129 Å². The molecule has 0 heterocycles. The Kier molecular flexibility index (Phi) is 8.40. The summed E-state index contributed by atoms with van der Waals surface area (Å²) >= 11 is 0. The lowest BCUT2D eigenvalue weighted by Gasteiger charge is -2.25. The molecular weight excluding hydrogens is 262 g/mol. The highest BCUT2D eigenvalue weighted by Crippen LogP contribution is 2.30. The lowest BCUT2D eigenvalue weighted by Crippen LogP contribution is -2.17. The molecule has 0 unspecified atom stereocenters. The topological polar surface area (TPSA) is 44.5 Å². The zero-order valence-corrected chi connectivity index (χ0v) is 13.9. The molecule has 0 saturated carbocycles. The molecule has 2 N–H and O–H groups in total. The van der Waals surface area contributed by atoms with E-state index < -0.39 is 0 Å². The first kappa shape index (κ1) is 18.0. The van der Waals surface area contributed by atoms with Gasteiger partial charge < -0.3 is 15.2 Å². The molecule has 0 aliphatic carbocycles. The van der Waals surface area contributed by atoms with Crippen LogP contribution in [0.3, 0.4) is 0 Å². The Morgan fingerprint density at radius 3 is 2.33 bits per heavy atom. The van der Waals surface area contributed by atoms with E-state index in [4.69, 9.17) is 15.2 Å². The fourth-order valence-corrected chi connectivity index (χ4v) is 2.37. The number of ether oxygens (including phenoxy) is 2. The van der Waals surface area contributed by atoms with Gasteiger partial charge in [0.05, 0.1) is 13.2 Å². The Bertz CT molecular complexity index is 373. The van der Waals surface area contributed by atoms with Gasteiger partial charge in [0.25, 0.3) is 0 Å². The zero-order valence-electron chi connectivity index (χ0n) is 13.9. The third-order valence-electron chi connectivity index (χ3n) is 3.80. The van der Waals surface area contributed by atoms with Crippen molar-refractivity contribution >= 4 is 0 Å². The Hall–Kier alpha value is -1.06. The molecule has 1 rings (SSSR count). The number of unbranched alkanes of at least 4 members (excludes halogenated alkanes) is 2. The van der Waals surface area contributed by atoms with E-state index in [9.17, 15) is 0 Å². The average Bonchev–Trinajstić information content (AvgIpc) is 2.48. The molecule has 0 radical (unpaired) electrons. The van der Waals surface area contributed by atoms with Gasteiger partial charge in [0, 0.05) is 6.54 Å². The van der Waals surface area contributed by atoms with Crippen molar-refractivity contribution < 1.29 is 9.47 Å². The first-order valence-electron chi connectivity index (χ1n) is 8.11. The van der Waals surface area contributed by atoms with Crippen molar-refractivity contribution in [3.05, 3.63) is 29.8 Å². The summed E-state index contributed by atoms with van der Waals surface area (Å²) in [6.07, 6.45) is 5.11. The quantitative estimate of drug-likeness (QED) is 0.629. The molecule has 1 aromatic carbocycles. The van der Waals surface area contributed by atoms with Gasteiger partial charge >= 0.3 is 0 Å². The van der Waals surface area contributed by atoms with Crippen LogP contribution in [0.4, 0.5) is 0 Å². The van der Waals surface area contributed by atoms with E-state index in [-0.39, 0.29) is 5.41 Å². The van der Waals surface area contributed by atoms with Crippen LogP contribution in [0.2, 0.25) is 0 Å². The van der Waals surface area contributed by atoms with E-state index in [0.717, 1.165) is 5.75 Å². The predicted molar refractivity (Wildman–Crippen MR) is 89.0 cm³/mol. The van der Waals surface area contributed by atoms with Crippen LogP contribution >= 0.6 is 0 Å². The number of benzene rings is 1. The highest BCUT2D eigenvalue weighted by molar-refractivity contribution is 5.31. The van der Waals surface area contributed by atoms with E-state index in [1.807, 2.05) is 0 Å². The van der Waals surface area contributed by atoms with Crippen molar-refractivity contribution in [3.8, 4) is 5.75 Å². The van der Waals surface area contributed by atoms with Gasteiger partial charge in [-0.3, -0.25) is 0 Å². The minimum Gasteiger partial charge on any atom is -0.491 e. The van der Waals surface area contributed by atoms with Gasteiger partial charge in [0.2, 0.25) is 0 Å². The summed E-state index contributed by atoms with van der Waals surface area (Å²) in [5.74, 6) is 0.902. The molecule has 1 aromatic rings. The van der Waals surface area contributed by atoms with Gasteiger partial charge in [-0.1, -0.05) is 52.2 Å². The summed E-state index contributed by atoms with van der Waals surface area (Å²) in [6, 6.07) is 8.48. The van der Waals surface area contributed by atoms with Gasteiger partial charge in [0.15, 0.2) is 0 Å². The second-order valence-corrected chi connectivity index (χ2v) is 6.11. The molecule has 0 amide bonds. The summed E-state index contributed by atoms with van der Waals surface area (Å²) in [6.45, 7) is 9.19. The van der Waals surface area contributed by atoms with E-state index in [0.29, 0.717) is 26.4 Å². The lowest BCUT2D eigenvalue weighted by atomic mass is 9.80. The van der Waals surface area contributed by atoms with E-state index in [1.165, 1.54) is 31.2 Å². The van der Waals surface area contributed by atoms with Crippen LogP contribution in [-0.4, -0.2) is 26.4 Å². The van der Waals surface area contributed by atoms with Gasteiger partial charge in [-0.05, 0) is 29.5 Å². The maximum atomic E-state index is 5.65. The molecule has 0 atom stereocenters. The summed E-state index contributed by atoms with van der Waals surface area (Å²) in [7, 11) is 0. The SMILES string of the molecule is CCCCCC(C)(C)c1ccc(OCCOCCN)cc1. The first-order chi connectivity index (χ1) is 10.1. The minimum absolute atomic E-state index is 0.234. The summed E-state index contributed by atoms with van der Waals surface area (Å²) in [5, 5.41) is 0. The minimum atomic E-state index is 0.234. The van der Waals surface area contributed by atoms with Crippen LogP contribution in [0.1, 0.15) is 52.0 Å². The number of nitrogens with two attached hydrogens (primary N) is 1. The van der Waals surface area contributed by atoms with Crippen molar-refractivity contribution in [1.29, 1.82) is 0 Å². The van der Waals surface area contributed by atoms with Crippen molar-refractivity contribution in [2.24, 2.45) is 5.73 Å². The van der Waals surface area contributed by atoms with Crippen molar-refractivity contribution in [2.45, 2.75) is 51.9 Å². The maximum Gasteiger partial charge on any atom is 0.119 e. The number of rotatable bonds is 11. The standard InChI is InChI=1S/C18H31NO2/c1-4-5-6-11-18(2,3)16-7-9-17(10-8-16)21-15-14-20-13-12-19/h7-10H,4-6,11-15,19H2,1-3H3. The van der Waals surface area contributed by atoms with Gasteiger partial charge in [0.1, 0.15) is 12.4 Å². The molecule has 0 aliphatic heterocycles. The van der Waals surface area contributed by atoms with Crippen LogP contribution in [0, 0.1) is 0 Å². The molecule has 0 aromatic heterocycles. The van der Waals surface area contributed by atoms with Gasteiger partial charge in [-0.2, -0.15) is 0 Å². The van der Waals surface area contributed by atoms with Gasteiger partial charge in [-0.25, -0.2) is 0 Å². The number of hydrogen-bond donors (Lipinski definition) is 1. The smallest absolute Gasteiger partial charge is 0.119 e. The fourth-order valence-electron chi connectivity index (χ4n) is 2.37. The van der Waals surface area contributed by atoms with Crippen LogP contribution in [-0.2, 0) is 10.2 Å². The highest BCUT2D eigenvalue weighted by atomic mass is 16.5. The zero-order chi connectivity index (χ0) is 15.6. The lowest BCUT2D eigenvalue weighted by molar-refractivity contribution is 0.106. The average molecular weight is 293 g/mol. The van der Waals surface area contributed by atoms with E-state index in [2.05, 4.69) is 45.0 Å². The Balaban J connectivity index is 2.41. The van der Waals surface area contributed by atoms with E-state index >= 15 is 0 Å². The maximum absolute atomic E-state index is 5.65. The normalized spacial score (nSPS) is 11.6. The summed E-state index contributed by atoms with van der Waals surface area (Å²) in [4.78, 5) is 0. The second kappa shape index (κ2) is 9.80.